The monoisotopic (exact) mass is 215 g/mol. The molecule has 0 aliphatic heterocycles. The lowest BCUT2D eigenvalue weighted by Gasteiger charge is -2.11. The average molecular weight is 215 g/mol. The van der Waals surface area contributed by atoms with E-state index in [1.807, 2.05) is 25.1 Å². The Balaban J connectivity index is 1.94. The number of aryl methyl sites for hydroxylation is 1. The lowest BCUT2D eigenvalue weighted by molar-refractivity contribution is 0.252. The van der Waals surface area contributed by atoms with Crippen LogP contribution < -0.4 is 4.74 Å². The van der Waals surface area contributed by atoms with Gasteiger partial charge in [0.2, 0.25) is 0 Å². The van der Waals surface area contributed by atoms with Gasteiger partial charge < -0.3 is 4.74 Å². The standard InChI is InChI=1S/C14H17NO/c1-11-8-14(7-6-13(11)9-15)16-10-12-4-2-3-5-12/h6-8,12H,2-5,10H2,1H3. The summed E-state index contributed by atoms with van der Waals surface area (Å²) in [6, 6.07) is 7.84. The van der Waals surface area contributed by atoms with Gasteiger partial charge in [0.1, 0.15) is 5.75 Å². The summed E-state index contributed by atoms with van der Waals surface area (Å²) in [5.41, 5.74) is 1.72. The van der Waals surface area contributed by atoms with E-state index in [4.69, 9.17) is 10.00 Å². The first-order valence-electron chi connectivity index (χ1n) is 5.93. The Hall–Kier alpha value is -1.49. The normalized spacial score (nSPS) is 16.0. The van der Waals surface area contributed by atoms with Crippen molar-refractivity contribution in [2.75, 3.05) is 6.61 Å². The van der Waals surface area contributed by atoms with Crippen LogP contribution in [-0.4, -0.2) is 6.61 Å². The molecule has 1 aromatic rings. The molecule has 0 N–H and O–H groups in total. The van der Waals surface area contributed by atoms with Crippen molar-refractivity contribution < 1.29 is 4.74 Å². The van der Waals surface area contributed by atoms with Gasteiger partial charge in [-0.25, -0.2) is 0 Å². The molecule has 2 rings (SSSR count). The maximum atomic E-state index is 8.82. The number of nitriles is 1. The number of nitrogens with zero attached hydrogens (tertiary/aromatic N) is 1. The first kappa shape index (κ1) is 11.0. The molecule has 0 bridgehead atoms. The van der Waals surface area contributed by atoms with Gasteiger partial charge in [-0.3, -0.25) is 0 Å². The Morgan fingerprint density at radius 2 is 2.12 bits per heavy atom. The molecule has 84 valence electrons. The molecule has 16 heavy (non-hydrogen) atoms. The van der Waals surface area contributed by atoms with Crippen LogP contribution in [0.2, 0.25) is 0 Å². The van der Waals surface area contributed by atoms with Crippen LogP contribution in [0, 0.1) is 24.2 Å². The molecule has 0 atom stereocenters. The van der Waals surface area contributed by atoms with Crippen LogP contribution in [0.1, 0.15) is 36.8 Å². The molecule has 1 fully saturated rings. The average Bonchev–Trinajstić information content (AvgIpc) is 2.79. The highest BCUT2D eigenvalue weighted by Crippen LogP contribution is 2.26. The summed E-state index contributed by atoms with van der Waals surface area (Å²) in [7, 11) is 0. The fourth-order valence-electron chi connectivity index (χ4n) is 2.24. The minimum Gasteiger partial charge on any atom is -0.493 e. The lowest BCUT2D eigenvalue weighted by atomic mass is 10.1. The number of hydrogen-bond acceptors (Lipinski definition) is 2. The van der Waals surface area contributed by atoms with Crippen molar-refractivity contribution in [3.8, 4) is 11.8 Å². The summed E-state index contributed by atoms with van der Waals surface area (Å²) in [5.74, 6) is 1.62. The Labute approximate surface area is 96.9 Å². The molecule has 1 saturated carbocycles. The topological polar surface area (TPSA) is 33.0 Å². The fraction of sp³-hybridized carbons (Fsp3) is 0.500. The smallest absolute Gasteiger partial charge is 0.119 e. The van der Waals surface area contributed by atoms with Crippen molar-refractivity contribution >= 4 is 0 Å². The molecule has 1 aliphatic rings. The third-order valence-electron chi connectivity index (χ3n) is 3.28. The van der Waals surface area contributed by atoms with E-state index < -0.39 is 0 Å². The van der Waals surface area contributed by atoms with Gasteiger partial charge in [-0.2, -0.15) is 5.26 Å². The molecular weight excluding hydrogens is 198 g/mol. The lowest BCUT2D eigenvalue weighted by Crippen LogP contribution is -2.08. The molecule has 0 heterocycles. The summed E-state index contributed by atoms with van der Waals surface area (Å²) < 4.78 is 5.76. The Kier molecular flexibility index (Phi) is 3.46. The van der Waals surface area contributed by atoms with Crippen molar-refractivity contribution in [3.05, 3.63) is 29.3 Å². The number of benzene rings is 1. The van der Waals surface area contributed by atoms with Crippen LogP contribution in [-0.2, 0) is 0 Å². The van der Waals surface area contributed by atoms with Crippen molar-refractivity contribution in [2.24, 2.45) is 5.92 Å². The molecular formula is C14H17NO. The molecule has 0 radical (unpaired) electrons. The quantitative estimate of drug-likeness (QED) is 0.773. The zero-order valence-corrected chi connectivity index (χ0v) is 9.70. The predicted molar refractivity (Wildman–Crippen MR) is 63.3 cm³/mol. The Morgan fingerprint density at radius 3 is 2.75 bits per heavy atom. The minimum absolute atomic E-state index is 0.730. The molecule has 2 nitrogen and oxygen atoms in total. The van der Waals surface area contributed by atoms with Gasteiger partial charge in [0.15, 0.2) is 0 Å². The molecule has 0 saturated heterocycles. The second-order valence-corrected chi connectivity index (χ2v) is 4.55. The second-order valence-electron chi connectivity index (χ2n) is 4.55. The van der Waals surface area contributed by atoms with Crippen molar-refractivity contribution in [1.29, 1.82) is 5.26 Å². The van der Waals surface area contributed by atoms with E-state index in [2.05, 4.69) is 6.07 Å². The second kappa shape index (κ2) is 5.03. The Bertz CT molecular complexity index is 400. The van der Waals surface area contributed by atoms with E-state index in [0.29, 0.717) is 0 Å². The zero-order valence-electron chi connectivity index (χ0n) is 9.70. The van der Waals surface area contributed by atoms with E-state index in [1.165, 1.54) is 25.7 Å². The summed E-state index contributed by atoms with van der Waals surface area (Å²) in [6.45, 7) is 2.77. The van der Waals surface area contributed by atoms with Crippen molar-refractivity contribution in [1.82, 2.24) is 0 Å². The molecule has 0 amide bonds. The number of rotatable bonds is 3. The zero-order chi connectivity index (χ0) is 11.4. The molecule has 2 heteroatoms. The molecule has 1 aliphatic carbocycles. The predicted octanol–water partition coefficient (Wildman–Crippen LogP) is 3.44. The summed E-state index contributed by atoms with van der Waals surface area (Å²) in [6.07, 6.45) is 5.30. The van der Waals surface area contributed by atoms with Gasteiger partial charge >= 0.3 is 0 Å². The fourth-order valence-corrected chi connectivity index (χ4v) is 2.24. The summed E-state index contributed by atoms with van der Waals surface area (Å²) in [4.78, 5) is 0. The van der Waals surface area contributed by atoms with Crippen LogP contribution >= 0.6 is 0 Å². The molecule has 0 unspecified atom stereocenters. The summed E-state index contributed by atoms with van der Waals surface area (Å²) in [5, 5.41) is 8.82. The van der Waals surface area contributed by atoms with Crippen molar-refractivity contribution in [2.45, 2.75) is 32.6 Å². The van der Waals surface area contributed by atoms with Crippen molar-refractivity contribution in [3.63, 3.8) is 0 Å². The molecule has 0 spiro atoms. The number of ether oxygens (including phenoxy) is 1. The van der Waals surface area contributed by atoms with Crippen LogP contribution in [0.4, 0.5) is 0 Å². The molecule has 0 aromatic heterocycles. The van der Waals surface area contributed by atoms with Crippen LogP contribution in [0.3, 0.4) is 0 Å². The van der Waals surface area contributed by atoms with E-state index in [1.54, 1.807) is 0 Å². The van der Waals surface area contributed by atoms with Crippen LogP contribution in [0.15, 0.2) is 18.2 Å². The van der Waals surface area contributed by atoms with Gasteiger partial charge in [0.25, 0.3) is 0 Å². The van der Waals surface area contributed by atoms with Crippen LogP contribution in [0.5, 0.6) is 5.75 Å². The first-order chi connectivity index (χ1) is 7.79. The summed E-state index contributed by atoms with van der Waals surface area (Å²) >= 11 is 0. The van der Waals surface area contributed by atoms with Gasteiger partial charge in [0, 0.05) is 0 Å². The van der Waals surface area contributed by atoms with E-state index in [0.717, 1.165) is 29.4 Å². The maximum Gasteiger partial charge on any atom is 0.119 e. The van der Waals surface area contributed by atoms with E-state index >= 15 is 0 Å². The van der Waals surface area contributed by atoms with Gasteiger partial charge in [-0.15, -0.1) is 0 Å². The SMILES string of the molecule is Cc1cc(OCC2CCCC2)ccc1C#N. The maximum absolute atomic E-state index is 8.82. The van der Waals surface area contributed by atoms with Gasteiger partial charge in [0.05, 0.1) is 18.2 Å². The highest BCUT2D eigenvalue weighted by atomic mass is 16.5. The third kappa shape index (κ3) is 2.55. The largest absolute Gasteiger partial charge is 0.493 e. The van der Waals surface area contributed by atoms with E-state index in [9.17, 15) is 0 Å². The van der Waals surface area contributed by atoms with Gasteiger partial charge in [-0.1, -0.05) is 12.8 Å². The highest BCUT2D eigenvalue weighted by molar-refractivity contribution is 5.41. The third-order valence-corrected chi connectivity index (χ3v) is 3.28. The molecule has 1 aromatic carbocycles. The van der Waals surface area contributed by atoms with Gasteiger partial charge in [-0.05, 0) is 49.4 Å². The first-order valence-corrected chi connectivity index (χ1v) is 5.93. The minimum atomic E-state index is 0.730. The van der Waals surface area contributed by atoms with E-state index in [-0.39, 0.29) is 0 Å². The highest BCUT2D eigenvalue weighted by Gasteiger charge is 2.15. The Morgan fingerprint density at radius 1 is 1.38 bits per heavy atom. The van der Waals surface area contributed by atoms with Crippen LogP contribution in [0.25, 0.3) is 0 Å². The number of hydrogen-bond donors (Lipinski definition) is 0.